The average molecular weight is 374 g/mol. The minimum absolute atomic E-state index is 0.205. The lowest BCUT2D eigenvalue weighted by Gasteiger charge is -2.09. The number of hydrogen-bond acceptors (Lipinski definition) is 4. The minimum Gasteiger partial charge on any atom is -0.463 e. The van der Waals surface area contributed by atoms with Crippen LogP contribution in [0.3, 0.4) is 0 Å². The van der Waals surface area contributed by atoms with Crippen molar-refractivity contribution in [2.45, 2.75) is 20.8 Å². The van der Waals surface area contributed by atoms with E-state index in [1.54, 1.807) is 25.1 Å². The standard InChI is InChI=1S/C23H22N2O3/c1-4-28-22(26)12-8-17-6-9-19(10-7-17)25-23(27)20-14-18-13-15(2)5-11-21(18)24-16(20)3/h5-14H,4H2,1-3H3,(H,25,27)/b12-8+. The normalized spacial score (nSPS) is 11.0. The Morgan fingerprint density at radius 3 is 2.54 bits per heavy atom. The fourth-order valence-corrected chi connectivity index (χ4v) is 2.85. The Bertz CT molecular complexity index is 1050. The van der Waals surface area contributed by atoms with Crippen LogP contribution in [0.1, 0.15) is 34.1 Å². The molecule has 0 saturated heterocycles. The van der Waals surface area contributed by atoms with Gasteiger partial charge in [0.25, 0.3) is 5.91 Å². The highest BCUT2D eigenvalue weighted by atomic mass is 16.5. The summed E-state index contributed by atoms with van der Waals surface area (Å²) in [4.78, 5) is 28.6. The lowest BCUT2D eigenvalue weighted by molar-refractivity contribution is -0.137. The highest BCUT2D eigenvalue weighted by molar-refractivity contribution is 6.06. The number of carbonyl (C=O) groups excluding carboxylic acids is 2. The molecule has 0 bridgehead atoms. The number of aromatic nitrogens is 1. The Balaban J connectivity index is 1.75. The molecule has 1 aromatic heterocycles. The second-order valence-electron chi connectivity index (χ2n) is 6.48. The van der Waals surface area contributed by atoms with E-state index in [-0.39, 0.29) is 11.9 Å². The Morgan fingerprint density at radius 1 is 1.07 bits per heavy atom. The highest BCUT2D eigenvalue weighted by Crippen LogP contribution is 2.20. The fourth-order valence-electron chi connectivity index (χ4n) is 2.85. The second-order valence-corrected chi connectivity index (χ2v) is 6.48. The van der Waals surface area contributed by atoms with Gasteiger partial charge in [0.2, 0.25) is 0 Å². The number of nitrogens with one attached hydrogen (secondary N) is 1. The second kappa shape index (κ2) is 8.48. The zero-order chi connectivity index (χ0) is 20.1. The first-order valence-corrected chi connectivity index (χ1v) is 9.10. The molecule has 5 heteroatoms. The van der Waals surface area contributed by atoms with E-state index in [0.29, 0.717) is 23.6 Å². The van der Waals surface area contributed by atoms with Crippen LogP contribution in [0.2, 0.25) is 0 Å². The lowest BCUT2D eigenvalue weighted by atomic mass is 10.1. The topological polar surface area (TPSA) is 68.3 Å². The summed E-state index contributed by atoms with van der Waals surface area (Å²) < 4.78 is 4.85. The van der Waals surface area contributed by atoms with Crippen molar-refractivity contribution in [1.82, 2.24) is 4.98 Å². The summed E-state index contributed by atoms with van der Waals surface area (Å²) >= 11 is 0. The van der Waals surface area contributed by atoms with Gasteiger partial charge in [0, 0.05) is 17.1 Å². The monoisotopic (exact) mass is 374 g/mol. The molecule has 1 N–H and O–H groups in total. The van der Waals surface area contributed by atoms with E-state index in [0.717, 1.165) is 22.0 Å². The summed E-state index contributed by atoms with van der Waals surface area (Å²) in [5.41, 5.74) is 4.73. The van der Waals surface area contributed by atoms with Gasteiger partial charge in [-0.1, -0.05) is 23.8 Å². The Hall–Kier alpha value is -3.47. The van der Waals surface area contributed by atoms with Crippen molar-refractivity contribution in [3.63, 3.8) is 0 Å². The molecule has 28 heavy (non-hydrogen) atoms. The molecular formula is C23H22N2O3. The number of nitrogens with zero attached hydrogens (tertiary/aromatic N) is 1. The van der Waals surface area contributed by atoms with Crippen LogP contribution in [0, 0.1) is 13.8 Å². The largest absolute Gasteiger partial charge is 0.463 e. The molecule has 5 nitrogen and oxygen atoms in total. The van der Waals surface area contributed by atoms with Crippen molar-refractivity contribution in [1.29, 1.82) is 0 Å². The maximum absolute atomic E-state index is 12.7. The van der Waals surface area contributed by atoms with Crippen LogP contribution in [-0.4, -0.2) is 23.5 Å². The van der Waals surface area contributed by atoms with Gasteiger partial charge in [-0.3, -0.25) is 9.78 Å². The van der Waals surface area contributed by atoms with Crippen LogP contribution in [0.4, 0.5) is 5.69 Å². The number of benzene rings is 2. The molecule has 142 valence electrons. The van der Waals surface area contributed by atoms with Gasteiger partial charge >= 0.3 is 5.97 Å². The Labute approximate surface area is 164 Å². The third-order valence-corrected chi connectivity index (χ3v) is 4.27. The van der Waals surface area contributed by atoms with Crippen molar-refractivity contribution in [2.75, 3.05) is 11.9 Å². The van der Waals surface area contributed by atoms with Crippen molar-refractivity contribution in [3.05, 3.63) is 77.0 Å². The number of rotatable bonds is 5. The van der Waals surface area contributed by atoms with E-state index in [4.69, 9.17) is 4.74 Å². The maximum atomic E-state index is 12.7. The average Bonchev–Trinajstić information content (AvgIpc) is 2.67. The number of amides is 1. The minimum atomic E-state index is -0.380. The molecule has 0 unspecified atom stereocenters. The quantitative estimate of drug-likeness (QED) is 0.520. The zero-order valence-corrected chi connectivity index (χ0v) is 16.2. The van der Waals surface area contributed by atoms with Crippen LogP contribution in [0.25, 0.3) is 17.0 Å². The smallest absolute Gasteiger partial charge is 0.330 e. The summed E-state index contributed by atoms with van der Waals surface area (Å²) in [5, 5.41) is 3.84. The van der Waals surface area contributed by atoms with Crippen LogP contribution in [0.15, 0.2) is 54.6 Å². The summed E-state index contributed by atoms with van der Waals surface area (Å²) in [6.45, 7) is 5.95. The molecule has 0 aliphatic rings. The number of carbonyl (C=O) groups is 2. The van der Waals surface area contributed by atoms with Gasteiger partial charge in [-0.15, -0.1) is 0 Å². The van der Waals surface area contributed by atoms with Gasteiger partial charge in [-0.25, -0.2) is 4.79 Å². The molecule has 0 saturated carbocycles. The van der Waals surface area contributed by atoms with Gasteiger partial charge in [0.1, 0.15) is 0 Å². The molecule has 1 amide bonds. The number of esters is 1. The number of pyridine rings is 1. The van der Waals surface area contributed by atoms with Gasteiger partial charge in [0.05, 0.1) is 23.4 Å². The van der Waals surface area contributed by atoms with Crippen LogP contribution in [-0.2, 0) is 9.53 Å². The van der Waals surface area contributed by atoms with E-state index >= 15 is 0 Å². The van der Waals surface area contributed by atoms with E-state index in [2.05, 4.69) is 10.3 Å². The lowest BCUT2D eigenvalue weighted by Crippen LogP contribution is -2.14. The molecule has 1 heterocycles. The Kier molecular flexibility index (Phi) is 5.84. The third-order valence-electron chi connectivity index (χ3n) is 4.27. The number of fused-ring (bicyclic) bond motifs is 1. The first-order valence-electron chi connectivity index (χ1n) is 9.10. The van der Waals surface area contributed by atoms with Crippen LogP contribution >= 0.6 is 0 Å². The maximum Gasteiger partial charge on any atom is 0.330 e. The van der Waals surface area contributed by atoms with Crippen molar-refractivity contribution in [2.24, 2.45) is 0 Å². The van der Waals surface area contributed by atoms with E-state index in [1.807, 2.05) is 50.2 Å². The molecule has 0 aliphatic carbocycles. The molecular weight excluding hydrogens is 352 g/mol. The number of hydrogen-bond donors (Lipinski definition) is 1. The van der Waals surface area contributed by atoms with Gasteiger partial charge in [0.15, 0.2) is 0 Å². The summed E-state index contributed by atoms with van der Waals surface area (Å²) in [5.74, 6) is -0.586. The molecule has 2 aromatic carbocycles. The molecule has 0 fully saturated rings. The third kappa shape index (κ3) is 4.62. The number of aryl methyl sites for hydroxylation is 2. The first kappa shape index (κ1) is 19.3. The van der Waals surface area contributed by atoms with Crippen molar-refractivity contribution < 1.29 is 14.3 Å². The number of ether oxygens (including phenoxy) is 1. The first-order chi connectivity index (χ1) is 13.5. The molecule has 0 spiro atoms. The predicted octanol–water partition coefficient (Wildman–Crippen LogP) is 4.68. The van der Waals surface area contributed by atoms with Crippen molar-refractivity contribution >= 4 is 34.5 Å². The molecule has 3 rings (SSSR count). The molecule has 0 radical (unpaired) electrons. The molecule has 0 aliphatic heterocycles. The van der Waals surface area contributed by atoms with E-state index in [1.165, 1.54) is 6.08 Å². The summed E-state index contributed by atoms with van der Waals surface area (Å²) in [6.07, 6.45) is 3.05. The van der Waals surface area contributed by atoms with Gasteiger partial charge < -0.3 is 10.1 Å². The zero-order valence-electron chi connectivity index (χ0n) is 16.2. The van der Waals surface area contributed by atoms with Gasteiger partial charge in [-0.05, 0) is 62.7 Å². The SMILES string of the molecule is CCOC(=O)/C=C/c1ccc(NC(=O)c2cc3cc(C)ccc3nc2C)cc1. The molecule has 0 atom stereocenters. The fraction of sp³-hybridized carbons (Fsp3) is 0.174. The van der Waals surface area contributed by atoms with Crippen LogP contribution < -0.4 is 5.32 Å². The Morgan fingerprint density at radius 2 is 1.82 bits per heavy atom. The van der Waals surface area contributed by atoms with Gasteiger partial charge in [-0.2, -0.15) is 0 Å². The number of anilines is 1. The van der Waals surface area contributed by atoms with E-state index < -0.39 is 0 Å². The van der Waals surface area contributed by atoms with E-state index in [9.17, 15) is 9.59 Å². The van der Waals surface area contributed by atoms with Crippen LogP contribution in [0.5, 0.6) is 0 Å². The van der Waals surface area contributed by atoms with Crippen molar-refractivity contribution in [3.8, 4) is 0 Å². The summed E-state index contributed by atoms with van der Waals surface area (Å²) in [6, 6.07) is 15.1. The molecule has 3 aromatic rings. The highest BCUT2D eigenvalue weighted by Gasteiger charge is 2.12. The summed E-state index contributed by atoms with van der Waals surface area (Å²) in [7, 11) is 0. The predicted molar refractivity (Wildman–Crippen MR) is 111 cm³/mol.